The summed E-state index contributed by atoms with van der Waals surface area (Å²) in [6.45, 7) is 8.49. The molecule has 0 unspecified atom stereocenters. The first-order valence-electron chi connectivity index (χ1n) is 4.43. The molecule has 13 heavy (non-hydrogen) atoms. The minimum Gasteiger partial charge on any atom is -0.544 e. The van der Waals surface area contributed by atoms with Gasteiger partial charge in [-0.15, -0.1) is 0 Å². The minimum atomic E-state index is -1.48. The van der Waals surface area contributed by atoms with Gasteiger partial charge in [-0.1, -0.05) is 0 Å². The summed E-state index contributed by atoms with van der Waals surface area (Å²) >= 11 is 0. The molecular weight excluding hydrogens is 178 g/mol. The Labute approximate surface area is 80.8 Å². The molecule has 1 aromatic carbocycles. The number of anilines is 1. The summed E-state index contributed by atoms with van der Waals surface area (Å²) in [5.41, 5.74) is 7.61. The molecule has 0 heterocycles. The van der Waals surface area contributed by atoms with E-state index in [9.17, 15) is 0 Å². The van der Waals surface area contributed by atoms with Crippen LogP contribution in [0.3, 0.4) is 0 Å². The molecule has 1 rings (SSSR count). The van der Waals surface area contributed by atoms with Crippen LogP contribution in [0.15, 0.2) is 18.2 Å². The van der Waals surface area contributed by atoms with E-state index in [0.29, 0.717) is 0 Å². The molecule has 0 bridgehead atoms. The van der Waals surface area contributed by atoms with Gasteiger partial charge in [0.15, 0.2) is 0 Å². The lowest BCUT2D eigenvalue weighted by molar-refractivity contribution is 0.557. The summed E-state index contributed by atoms with van der Waals surface area (Å²) in [6, 6.07) is 5.82. The van der Waals surface area contributed by atoms with Crippen LogP contribution in [-0.2, 0) is 0 Å². The van der Waals surface area contributed by atoms with Gasteiger partial charge in [0.2, 0.25) is 8.32 Å². The van der Waals surface area contributed by atoms with Crippen molar-refractivity contribution in [3.05, 3.63) is 23.8 Å². The van der Waals surface area contributed by atoms with Crippen molar-refractivity contribution in [2.24, 2.45) is 0 Å². The van der Waals surface area contributed by atoms with Gasteiger partial charge in [0.05, 0.1) is 0 Å². The van der Waals surface area contributed by atoms with Gasteiger partial charge in [0.25, 0.3) is 0 Å². The summed E-state index contributed by atoms with van der Waals surface area (Å²) in [4.78, 5) is 0. The van der Waals surface area contributed by atoms with Crippen LogP contribution < -0.4 is 10.2 Å². The van der Waals surface area contributed by atoms with Crippen LogP contribution in [-0.4, -0.2) is 8.32 Å². The Balaban J connectivity index is 2.86. The standard InChI is InChI=1S/C10H17NOSi/c1-8-7-9(5-6-10(8)11)12-13(2,3)4/h5-7H,11H2,1-4H3. The monoisotopic (exact) mass is 195 g/mol. The second-order valence-corrected chi connectivity index (χ2v) is 8.66. The van der Waals surface area contributed by atoms with Gasteiger partial charge in [0, 0.05) is 5.69 Å². The van der Waals surface area contributed by atoms with Crippen molar-refractivity contribution < 1.29 is 4.43 Å². The zero-order valence-electron chi connectivity index (χ0n) is 8.72. The van der Waals surface area contributed by atoms with Crippen molar-refractivity contribution in [3.8, 4) is 5.75 Å². The zero-order chi connectivity index (χ0) is 10.1. The highest BCUT2D eigenvalue weighted by Crippen LogP contribution is 2.21. The quantitative estimate of drug-likeness (QED) is 0.582. The third-order valence-corrected chi connectivity index (χ3v) is 2.51. The molecule has 2 N–H and O–H groups in total. The predicted molar refractivity (Wildman–Crippen MR) is 59.6 cm³/mol. The Morgan fingerprint density at radius 1 is 1.23 bits per heavy atom. The summed E-state index contributed by atoms with van der Waals surface area (Å²) in [5, 5.41) is 0. The largest absolute Gasteiger partial charge is 0.544 e. The average molecular weight is 195 g/mol. The van der Waals surface area contributed by atoms with Crippen LogP contribution in [0.2, 0.25) is 19.6 Å². The fourth-order valence-electron chi connectivity index (χ4n) is 1.07. The molecule has 0 spiro atoms. The molecule has 0 fully saturated rings. The van der Waals surface area contributed by atoms with Crippen molar-refractivity contribution in [2.45, 2.75) is 26.6 Å². The first-order valence-corrected chi connectivity index (χ1v) is 7.84. The third kappa shape index (κ3) is 3.11. The molecule has 3 heteroatoms. The number of rotatable bonds is 2. The lowest BCUT2D eigenvalue weighted by Crippen LogP contribution is -2.29. The molecule has 0 aliphatic carbocycles. The van der Waals surface area contributed by atoms with E-state index < -0.39 is 8.32 Å². The van der Waals surface area contributed by atoms with Crippen LogP contribution in [0.4, 0.5) is 5.69 Å². The lowest BCUT2D eigenvalue weighted by Gasteiger charge is -2.19. The number of benzene rings is 1. The normalized spacial score (nSPS) is 11.4. The average Bonchev–Trinajstić information content (AvgIpc) is 1.94. The second-order valence-electron chi connectivity index (χ2n) is 4.23. The highest BCUT2D eigenvalue weighted by atomic mass is 28.4. The third-order valence-electron chi connectivity index (χ3n) is 1.67. The molecule has 0 saturated carbocycles. The van der Waals surface area contributed by atoms with Gasteiger partial charge in [-0.25, -0.2) is 0 Å². The molecule has 0 aromatic heterocycles. The van der Waals surface area contributed by atoms with Crippen LogP contribution in [0, 0.1) is 6.92 Å². The Morgan fingerprint density at radius 2 is 1.85 bits per heavy atom. The molecule has 0 saturated heterocycles. The number of nitrogens with two attached hydrogens (primary N) is 1. The highest BCUT2D eigenvalue weighted by molar-refractivity contribution is 6.70. The number of aryl methyl sites for hydroxylation is 1. The van der Waals surface area contributed by atoms with Gasteiger partial charge in [-0.05, 0) is 50.3 Å². The van der Waals surface area contributed by atoms with E-state index in [4.69, 9.17) is 10.2 Å². The Morgan fingerprint density at radius 3 is 2.31 bits per heavy atom. The molecule has 0 amide bonds. The minimum absolute atomic E-state index is 0.822. The smallest absolute Gasteiger partial charge is 0.242 e. The summed E-state index contributed by atoms with van der Waals surface area (Å²) in [7, 11) is -1.48. The topological polar surface area (TPSA) is 35.2 Å². The SMILES string of the molecule is Cc1cc(O[Si](C)(C)C)ccc1N. The van der Waals surface area contributed by atoms with E-state index in [0.717, 1.165) is 17.0 Å². The zero-order valence-corrected chi connectivity index (χ0v) is 9.72. The van der Waals surface area contributed by atoms with E-state index in [2.05, 4.69) is 19.6 Å². The molecule has 0 aliphatic heterocycles. The molecule has 0 radical (unpaired) electrons. The van der Waals surface area contributed by atoms with E-state index in [1.54, 1.807) is 0 Å². The molecule has 72 valence electrons. The van der Waals surface area contributed by atoms with Crippen LogP contribution in [0.5, 0.6) is 5.75 Å². The van der Waals surface area contributed by atoms with Crippen molar-refractivity contribution >= 4 is 14.0 Å². The maximum atomic E-state index is 5.82. The van der Waals surface area contributed by atoms with E-state index in [1.807, 2.05) is 25.1 Å². The van der Waals surface area contributed by atoms with Crippen molar-refractivity contribution in [1.82, 2.24) is 0 Å². The second kappa shape index (κ2) is 3.42. The van der Waals surface area contributed by atoms with Crippen molar-refractivity contribution in [3.63, 3.8) is 0 Å². The summed E-state index contributed by atoms with van der Waals surface area (Å²) in [5.74, 6) is 0.936. The fourth-order valence-corrected chi connectivity index (χ4v) is 1.90. The number of hydrogen-bond donors (Lipinski definition) is 1. The maximum absolute atomic E-state index is 5.82. The molecule has 1 aromatic rings. The van der Waals surface area contributed by atoms with Crippen molar-refractivity contribution in [1.29, 1.82) is 0 Å². The highest BCUT2D eigenvalue weighted by Gasteiger charge is 2.16. The lowest BCUT2D eigenvalue weighted by atomic mass is 10.2. The van der Waals surface area contributed by atoms with E-state index in [-0.39, 0.29) is 0 Å². The molecule has 0 atom stereocenters. The predicted octanol–water partition coefficient (Wildman–Crippen LogP) is 2.79. The fraction of sp³-hybridized carbons (Fsp3) is 0.400. The molecule has 2 nitrogen and oxygen atoms in total. The van der Waals surface area contributed by atoms with Crippen LogP contribution in [0.1, 0.15) is 5.56 Å². The maximum Gasteiger partial charge on any atom is 0.242 e. The van der Waals surface area contributed by atoms with Gasteiger partial charge in [-0.3, -0.25) is 0 Å². The van der Waals surface area contributed by atoms with Crippen LogP contribution >= 0.6 is 0 Å². The van der Waals surface area contributed by atoms with Gasteiger partial charge in [-0.2, -0.15) is 0 Å². The van der Waals surface area contributed by atoms with Gasteiger partial charge < -0.3 is 10.2 Å². The van der Waals surface area contributed by atoms with Crippen LogP contribution in [0.25, 0.3) is 0 Å². The Kier molecular flexibility index (Phi) is 2.66. The van der Waals surface area contributed by atoms with E-state index >= 15 is 0 Å². The molecule has 0 aliphatic rings. The number of nitrogen functional groups attached to an aromatic ring is 1. The number of hydrogen-bond acceptors (Lipinski definition) is 2. The Bertz CT molecular complexity index is 304. The Hall–Kier alpha value is -0.963. The summed E-state index contributed by atoms with van der Waals surface area (Å²) < 4.78 is 5.82. The van der Waals surface area contributed by atoms with Gasteiger partial charge in [0.1, 0.15) is 5.75 Å². The summed E-state index contributed by atoms with van der Waals surface area (Å²) in [6.07, 6.45) is 0. The van der Waals surface area contributed by atoms with Crippen molar-refractivity contribution in [2.75, 3.05) is 5.73 Å². The first kappa shape index (κ1) is 10.1. The molecular formula is C10H17NOSi. The van der Waals surface area contributed by atoms with Gasteiger partial charge >= 0.3 is 0 Å². The first-order chi connectivity index (χ1) is 5.88. The van der Waals surface area contributed by atoms with E-state index in [1.165, 1.54) is 0 Å².